The van der Waals surface area contributed by atoms with Crippen molar-refractivity contribution in [2.45, 2.75) is 20.3 Å². The Morgan fingerprint density at radius 1 is 1.06 bits per heavy atom. The molecule has 0 spiro atoms. The van der Waals surface area contributed by atoms with Crippen LogP contribution in [0.2, 0.25) is 0 Å². The second-order valence-electron chi connectivity index (χ2n) is 6.46. The molecule has 2 aromatic carbocycles. The van der Waals surface area contributed by atoms with Crippen molar-refractivity contribution in [2.75, 3.05) is 19.0 Å². The molecule has 0 saturated heterocycles. The highest BCUT2D eigenvalue weighted by Gasteiger charge is 2.14. The Bertz CT molecular complexity index is 1020. The zero-order valence-electron chi connectivity index (χ0n) is 17.1. The predicted molar refractivity (Wildman–Crippen MR) is 124 cm³/mol. The minimum Gasteiger partial charge on any atom is -0.483 e. The summed E-state index contributed by atoms with van der Waals surface area (Å²) in [5, 5.41) is 6.55. The number of ether oxygens (including phenoxy) is 2. The summed E-state index contributed by atoms with van der Waals surface area (Å²) >= 11 is 6.80. The Morgan fingerprint density at radius 3 is 2.48 bits per heavy atom. The van der Waals surface area contributed by atoms with E-state index in [0.717, 1.165) is 10.0 Å². The van der Waals surface area contributed by atoms with Crippen LogP contribution in [-0.4, -0.2) is 37.2 Å². The fourth-order valence-electron chi connectivity index (χ4n) is 2.42. The van der Waals surface area contributed by atoms with Crippen molar-refractivity contribution < 1.29 is 23.9 Å². The van der Waals surface area contributed by atoms with Crippen LogP contribution in [0, 0.1) is 6.92 Å². The van der Waals surface area contributed by atoms with Crippen LogP contribution in [0.4, 0.5) is 5.69 Å². The number of nitrogens with zero attached hydrogens (tertiary/aromatic N) is 1. The van der Waals surface area contributed by atoms with Gasteiger partial charge in [-0.2, -0.15) is 5.10 Å². The highest BCUT2D eigenvalue weighted by Crippen LogP contribution is 2.31. The summed E-state index contributed by atoms with van der Waals surface area (Å²) in [6.07, 6.45) is -0.0753. The number of nitrogens with one attached hydrogen (secondary N) is 2. The van der Waals surface area contributed by atoms with Crippen molar-refractivity contribution in [3.63, 3.8) is 0 Å². The fraction of sp³-hybridized carbons (Fsp3) is 0.238. The van der Waals surface area contributed by atoms with E-state index < -0.39 is 17.8 Å². The Morgan fingerprint density at radius 2 is 1.77 bits per heavy atom. The average molecular weight is 555 g/mol. The summed E-state index contributed by atoms with van der Waals surface area (Å²) in [5.74, 6) is -0.887. The molecule has 0 atom stereocenters. The number of methoxy groups -OCH3 is 1. The Labute approximate surface area is 196 Å². The van der Waals surface area contributed by atoms with Gasteiger partial charge in [-0.3, -0.25) is 9.59 Å². The lowest BCUT2D eigenvalue weighted by Crippen LogP contribution is -2.26. The van der Waals surface area contributed by atoms with E-state index in [1.54, 1.807) is 37.3 Å². The number of carbonyl (C=O) groups is 3. The zero-order chi connectivity index (χ0) is 23.0. The molecule has 2 amide bonds. The van der Waals surface area contributed by atoms with E-state index in [1.165, 1.54) is 7.11 Å². The number of carbonyl (C=O) groups excluding carboxylic acids is 3. The molecule has 0 aliphatic rings. The average Bonchev–Trinajstić information content (AvgIpc) is 2.73. The molecule has 10 heteroatoms. The number of benzene rings is 2. The van der Waals surface area contributed by atoms with Gasteiger partial charge in [0.2, 0.25) is 5.91 Å². The van der Waals surface area contributed by atoms with Crippen LogP contribution >= 0.6 is 31.9 Å². The molecule has 0 fully saturated rings. The standard InChI is InChI=1S/C21H21Br2N3O5/c1-12-8-18(16(23)10-15(12)22)31-11-20(28)26-25-13(2)9-19(27)24-17-7-5-4-6-14(17)21(29)30-3/h4-8,10H,9,11H2,1-3H3,(H,24,27)(H,26,28)/b25-13+. The first-order chi connectivity index (χ1) is 14.7. The third-order valence-electron chi connectivity index (χ3n) is 3.97. The molecule has 0 radical (unpaired) electrons. The van der Waals surface area contributed by atoms with Gasteiger partial charge in [0.25, 0.3) is 5.91 Å². The van der Waals surface area contributed by atoms with Gasteiger partial charge >= 0.3 is 5.97 Å². The Kier molecular flexibility index (Phi) is 9.20. The maximum absolute atomic E-state index is 12.2. The van der Waals surface area contributed by atoms with Gasteiger partial charge in [-0.25, -0.2) is 10.2 Å². The van der Waals surface area contributed by atoms with Crippen molar-refractivity contribution in [1.82, 2.24) is 5.43 Å². The van der Waals surface area contributed by atoms with Gasteiger partial charge in [0.15, 0.2) is 6.61 Å². The Balaban J connectivity index is 1.87. The molecule has 0 unspecified atom stereocenters. The molecule has 0 saturated carbocycles. The quantitative estimate of drug-likeness (QED) is 0.289. The fourth-order valence-corrected chi connectivity index (χ4v) is 3.53. The van der Waals surface area contributed by atoms with E-state index in [-0.39, 0.29) is 18.6 Å². The van der Waals surface area contributed by atoms with Gasteiger partial charge < -0.3 is 14.8 Å². The number of hydrogen-bond donors (Lipinski definition) is 2. The maximum Gasteiger partial charge on any atom is 0.339 e. The number of hydrogen-bond acceptors (Lipinski definition) is 6. The smallest absolute Gasteiger partial charge is 0.339 e. The summed E-state index contributed by atoms with van der Waals surface area (Å²) in [6, 6.07) is 10.1. The lowest BCUT2D eigenvalue weighted by atomic mass is 10.1. The molecule has 8 nitrogen and oxygen atoms in total. The molecule has 0 aromatic heterocycles. The number of halogens is 2. The number of aryl methyl sites for hydroxylation is 1. The second kappa shape index (κ2) is 11.6. The summed E-state index contributed by atoms with van der Waals surface area (Å²) in [5.41, 5.74) is 4.27. The number of rotatable bonds is 8. The molecular weight excluding hydrogens is 534 g/mol. The monoisotopic (exact) mass is 553 g/mol. The number of amides is 2. The highest BCUT2D eigenvalue weighted by molar-refractivity contribution is 9.11. The SMILES string of the molecule is COC(=O)c1ccccc1NC(=O)C/C(C)=N/NC(=O)COc1cc(C)c(Br)cc1Br. The van der Waals surface area contributed by atoms with Gasteiger partial charge in [0, 0.05) is 10.2 Å². The van der Waals surface area contributed by atoms with Gasteiger partial charge in [-0.1, -0.05) is 28.1 Å². The third-order valence-corrected chi connectivity index (χ3v) is 5.44. The molecule has 0 heterocycles. The van der Waals surface area contributed by atoms with Gasteiger partial charge in [-0.15, -0.1) is 0 Å². The van der Waals surface area contributed by atoms with Crippen LogP contribution in [0.5, 0.6) is 5.75 Å². The lowest BCUT2D eigenvalue weighted by Gasteiger charge is -2.10. The molecular formula is C21H21Br2N3O5. The van der Waals surface area contributed by atoms with E-state index >= 15 is 0 Å². The number of anilines is 1. The van der Waals surface area contributed by atoms with Crippen molar-refractivity contribution >= 4 is 61.0 Å². The van der Waals surface area contributed by atoms with E-state index in [1.807, 2.05) is 13.0 Å². The van der Waals surface area contributed by atoms with Gasteiger partial charge in [0.05, 0.1) is 29.3 Å². The van der Waals surface area contributed by atoms with E-state index in [4.69, 9.17) is 9.47 Å². The van der Waals surface area contributed by atoms with Gasteiger partial charge in [0.1, 0.15) is 5.75 Å². The molecule has 0 bridgehead atoms. The van der Waals surface area contributed by atoms with Gasteiger partial charge in [-0.05, 0) is 59.6 Å². The number of para-hydroxylation sites is 1. The lowest BCUT2D eigenvalue weighted by molar-refractivity contribution is -0.123. The van der Waals surface area contributed by atoms with Crippen LogP contribution in [0.25, 0.3) is 0 Å². The van der Waals surface area contributed by atoms with E-state index in [9.17, 15) is 14.4 Å². The molecule has 2 rings (SSSR count). The van der Waals surface area contributed by atoms with Crippen LogP contribution in [0.3, 0.4) is 0 Å². The first-order valence-electron chi connectivity index (χ1n) is 9.09. The van der Waals surface area contributed by atoms with Crippen molar-refractivity contribution in [3.8, 4) is 5.75 Å². The first kappa shape index (κ1) is 24.5. The maximum atomic E-state index is 12.2. The molecule has 0 aliphatic carbocycles. The molecule has 164 valence electrons. The molecule has 2 N–H and O–H groups in total. The first-order valence-corrected chi connectivity index (χ1v) is 10.7. The van der Waals surface area contributed by atoms with Crippen molar-refractivity contribution in [3.05, 3.63) is 56.5 Å². The minimum atomic E-state index is -0.554. The van der Waals surface area contributed by atoms with Crippen molar-refractivity contribution in [2.24, 2.45) is 5.10 Å². The predicted octanol–water partition coefficient (Wildman–Crippen LogP) is 4.21. The minimum absolute atomic E-state index is 0.0753. The van der Waals surface area contributed by atoms with Crippen LogP contribution < -0.4 is 15.5 Å². The molecule has 31 heavy (non-hydrogen) atoms. The summed E-state index contributed by atoms with van der Waals surface area (Å²) in [7, 11) is 1.26. The highest BCUT2D eigenvalue weighted by atomic mass is 79.9. The van der Waals surface area contributed by atoms with Crippen LogP contribution in [-0.2, 0) is 14.3 Å². The summed E-state index contributed by atoms with van der Waals surface area (Å²) < 4.78 is 11.8. The van der Waals surface area contributed by atoms with E-state index in [2.05, 4.69) is 47.7 Å². The zero-order valence-corrected chi connectivity index (χ0v) is 20.3. The topological polar surface area (TPSA) is 106 Å². The van der Waals surface area contributed by atoms with E-state index in [0.29, 0.717) is 21.6 Å². The molecule has 0 aliphatic heterocycles. The van der Waals surface area contributed by atoms with Crippen LogP contribution in [0.1, 0.15) is 29.3 Å². The largest absolute Gasteiger partial charge is 0.483 e. The number of esters is 1. The number of hydrazone groups is 1. The second-order valence-corrected chi connectivity index (χ2v) is 8.17. The summed E-state index contributed by atoms with van der Waals surface area (Å²) in [6.45, 7) is 3.27. The Hall–Kier alpha value is -2.72. The molecule has 2 aromatic rings. The normalized spacial score (nSPS) is 10.9. The van der Waals surface area contributed by atoms with Crippen molar-refractivity contribution in [1.29, 1.82) is 0 Å². The third kappa shape index (κ3) is 7.48. The van der Waals surface area contributed by atoms with Crippen LogP contribution in [0.15, 0.2) is 50.4 Å². The summed E-state index contributed by atoms with van der Waals surface area (Å²) in [4.78, 5) is 36.0.